The number of hydrogen-bond donors (Lipinski definition) is 2. The Kier molecular flexibility index (Phi) is 6.14. The molecule has 1 heterocycles. The summed E-state index contributed by atoms with van der Waals surface area (Å²) in [6.07, 6.45) is 3.15. The maximum Gasteiger partial charge on any atom is 0.248 e. The van der Waals surface area contributed by atoms with Gasteiger partial charge in [-0.1, -0.05) is 0 Å². The minimum Gasteiger partial charge on any atom is -0.383 e. The second-order valence-electron chi connectivity index (χ2n) is 4.01. The molecule has 5 nitrogen and oxygen atoms in total. The number of carbonyl (C=O) groups excluding carboxylic acids is 1. The van der Waals surface area contributed by atoms with Crippen molar-refractivity contribution in [2.45, 2.75) is 26.9 Å². The van der Waals surface area contributed by atoms with Gasteiger partial charge in [-0.25, -0.2) is 0 Å². The normalized spacial score (nSPS) is 11.9. The number of aromatic nitrogens is 1. The van der Waals surface area contributed by atoms with E-state index in [9.17, 15) is 4.79 Å². The molecule has 0 saturated heterocycles. The van der Waals surface area contributed by atoms with Crippen LogP contribution in [0, 0.1) is 6.92 Å². The van der Waals surface area contributed by atoms with E-state index in [-0.39, 0.29) is 5.91 Å². The number of nitrogens with zero attached hydrogens (tertiary/aromatic N) is 1. The van der Waals surface area contributed by atoms with Crippen molar-refractivity contribution in [2.24, 2.45) is 0 Å². The van der Waals surface area contributed by atoms with Crippen molar-refractivity contribution in [1.29, 1.82) is 0 Å². The summed E-state index contributed by atoms with van der Waals surface area (Å²) in [6, 6.07) is 1.92. The molecule has 18 heavy (non-hydrogen) atoms. The lowest BCUT2D eigenvalue weighted by Gasteiger charge is -2.13. The van der Waals surface area contributed by atoms with Crippen LogP contribution in [-0.4, -0.2) is 36.7 Å². The van der Waals surface area contributed by atoms with E-state index < -0.39 is 6.10 Å². The average Bonchev–Trinajstić information content (AvgIpc) is 2.36. The largest absolute Gasteiger partial charge is 0.383 e. The number of amides is 1. The van der Waals surface area contributed by atoms with E-state index in [4.69, 9.17) is 4.74 Å². The second kappa shape index (κ2) is 7.66. The fourth-order valence-electron chi connectivity index (χ4n) is 1.52. The lowest BCUT2D eigenvalue weighted by molar-refractivity contribution is -0.131. The quantitative estimate of drug-likeness (QED) is 0.718. The Morgan fingerprint density at radius 2 is 2.28 bits per heavy atom. The number of ether oxygens (including phenoxy) is 1. The van der Waals surface area contributed by atoms with Crippen molar-refractivity contribution in [2.75, 3.05) is 25.0 Å². The second-order valence-corrected chi connectivity index (χ2v) is 4.01. The molecule has 2 N–H and O–H groups in total. The molecule has 0 aliphatic heterocycles. The fraction of sp³-hybridized carbons (Fsp3) is 0.538. The van der Waals surface area contributed by atoms with Gasteiger partial charge in [0.05, 0.1) is 0 Å². The fourth-order valence-corrected chi connectivity index (χ4v) is 1.52. The Morgan fingerprint density at radius 1 is 1.50 bits per heavy atom. The highest BCUT2D eigenvalue weighted by atomic mass is 16.5. The Hall–Kier alpha value is -1.62. The average molecular weight is 251 g/mol. The Morgan fingerprint density at radius 3 is 2.94 bits per heavy atom. The van der Waals surface area contributed by atoms with Crippen LogP contribution >= 0.6 is 0 Å². The summed E-state index contributed by atoms with van der Waals surface area (Å²) in [5.74, 6) is -0.0786. The zero-order valence-corrected chi connectivity index (χ0v) is 11.2. The number of aryl methyl sites for hydroxylation is 1. The number of anilines is 1. The molecular weight excluding hydrogens is 230 g/mol. The van der Waals surface area contributed by atoms with Crippen LogP contribution < -0.4 is 10.6 Å². The minimum absolute atomic E-state index is 0.0786. The first-order valence-electron chi connectivity index (χ1n) is 6.19. The van der Waals surface area contributed by atoms with Crippen LogP contribution in [-0.2, 0) is 9.53 Å². The van der Waals surface area contributed by atoms with Gasteiger partial charge >= 0.3 is 0 Å². The number of carbonyl (C=O) groups is 1. The van der Waals surface area contributed by atoms with Crippen molar-refractivity contribution in [1.82, 2.24) is 10.3 Å². The van der Waals surface area contributed by atoms with Gasteiger partial charge in [0.2, 0.25) is 5.91 Å². The van der Waals surface area contributed by atoms with Gasteiger partial charge in [0, 0.05) is 37.8 Å². The van der Waals surface area contributed by atoms with E-state index in [1.807, 2.05) is 19.9 Å². The van der Waals surface area contributed by atoms with Crippen LogP contribution in [0.1, 0.15) is 19.4 Å². The van der Waals surface area contributed by atoms with Crippen LogP contribution in [0.4, 0.5) is 5.69 Å². The van der Waals surface area contributed by atoms with E-state index in [0.717, 1.165) is 11.3 Å². The molecule has 0 saturated carbocycles. The van der Waals surface area contributed by atoms with Gasteiger partial charge in [-0.2, -0.15) is 0 Å². The van der Waals surface area contributed by atoms with E-state index >= 15 is 0 Å². The van der Waals surface area contributed by atoms with Gasteiger partial charge in [0.15, 0.2) is 0 Å². The van der Waals surface area contributed by atoms with Crippen molar-refractivity contribution >= 4 is 11.6 Å². The summed E-state index contributed by atoms with van der Waals surface area (Å²) in [4.78, 5) is 15.6. The van der Waals surface area contributed by atoms with Crippen molar-refractivity contribution < 1.29 is 9.53 Å². The van der Waals surface area contributed by atoms with Gasteiger partial charge < -0.3 is 15.4 Å². The van der Waals surface area contributed by atoms with Gasteiger partial charge in [-0.05, 0) is 32.4 Å². The minimum atomic E-state index is -0.391. The molecule has 0 fully saturated rings. The van der Waals surface area contributed by atoms with E-state index in [2.05, 4.69) is 15.6 Å². The zero-order valence-electron chi connectivity index (χ0n) is 11.2. The molecule has 5 heteroatoms. The van der Waals surface area contributed by atoms with Crippen LogP contribution in [0.15, 0.2) is 18.5 Å². The maximum atomic E-state index is 11.5. The third kappa shape index (κ3) is 4.71. The SMILES string of the molecule is CCOC(C)C(=O)NCCNc1ccncc1C. The first-order chi connectivity index (χ1) is 8.65. The summed E-state index contributed by atoms with van der Waals surface area (Å²) < 4.78 is 5.20. The highest BCUT2D eigenvalue weighted by Crippen LogP contribution is 2.10. The number of rotatable bonds is 7. The molecule has 100 valence electrons. The summed E-state index contributed by atoms with van der Waals surface area (Å²) in [5.41, 5.74) is 2.13. The maximum absolute atomic E-state index is 11.5. The lowest BCUT2D eigenvalue weighted by Crippen LogP contribution is -2.37. The highest BCUT2D eigenvalue weighted by Gasteiger charge is 2.10. The van der Waals surface area contributed by atoms with Crippen molar-refractivity contribution in [3.63, 3.8) is 0 Å². The molecule has 0 radical (unpaired) electrons. The summed E-state index contributed by atoms with van der Waals surface area (Å²) in [6.45, 7) is 7.40. The third-order valence-corrected chi connectivity index (χ3v) is 2.55. The Balaban J connectivity index is 2.23. The van der Waals surface area contributed by atoms with Crippen LogP contribution in [0.2, 0.25) is 0 Å². The lowest BCUT2D eigenvalue weighted by atomic mass is 10.2. The molecule has 0 bridgehead atoms. The number of hydrogen-bond acceptors (Lipinski definition) is 4. The molecule has 1 rings (SSSR count). The van der Waals surface area contributed by atoms with Crippen molar-refractivity contribution in [3.8, 4) is 0 Å². The topological polar surface area (TPSA) is 63.2 Å². The van der Waals surface area contributed by atoms with Gasteiger partial charge in [-0.3, -0.25) is 9.78 Å². The van der Waals surface area contributed by atoms with E-state index in [0.29, 0.717) is 19.7 Å². The molecule has 1 aromatic rings. The molecule has 1 amide bonds. The molecule has 0 aromatic carbocycles. The molecular formula is C13H21N3O2. The van der Waals surface area contributed by atoms with E-state index in [1.165, 1.54) is 0 Å². The van der Waals surface area contributed by atoms with Gasteiger partial charge in [-0.15, -0.1) is 0 Å². The highest BCUT2D eigenvalue weighted by molar-refractivity contribution is 5.80. The Bertz CT molecular complexity index is 382. The number of nitrogens with one attached hydrogen (secondary N) is 2. The molecule has 1 aromatic heterocycles. The summed E-state index contributed by atoms with van der Waals surface area (Å²) in [5, 5.41) is 6.06. The molecule has 0 aliphatic carbocycles. The van der Waals surface area contributed by atoms with Gasteiger partial charge in [0.1, 0.15) is 6.10 Å². The monoisotopic (exact) mass is 251 g/mol. The number of pyridine rings is 1. The first-order valence-corrected chi connectivity index (χ1v) is 6.19. The summed E-state index contributed by atoms with van der Waals surface area (Å²) in [7, 11) is 0. The molecule has 0 spiro atoms. The molecule has 1 atom stereocenters. The first kappa shape index (κ1) is 14.4. The predicted octanol–water partition coefficient (Wildman–Crippen LogP) is 1.34. The molecule has 1 unspecified atom stereocenters. The van der Waals surface area contributed by atoms with Crippen LogP contribution in [0.5, 0.6) is 0 Å². The Labute approximate surface area is 108 Å². The van der Waals surface area contributed by atoms with Gasteiger partial charge in [0.25, 0.3) is 0 Å². The standard InChI is InChI=1S/C13H21N3O2/c1-4-18-11(3)13(17)16-8-7-15-12-5-6-14-9-10(12)2/h5-6,9,11H,4,7-8H2,1-3H3,(H,14,15)(H,16,17). The van der Waals surface area contributed by atoms with E-state index in [1.54, 1.807) is 19.3 Å². The third-order valence-electron chi connectivity index (χ3n) is 2.55. The molecule has 0 aliphatic rings. The smallest absolute Gasteiger partial charge is 0.248 e. The van der Waals surface area contributed by atoms with Crippen molar-refractivity contribution in [3.05, 3.63) is 24.0 Å². The van der Waals surface area contributed by atoms with Crippen LogP contribution in [0.25, 0.3) is 0 Å². The zero-order chi connectivity index (χ0) is 13.4. The predicted molar refractivity (Wildman–Crippen MR) is 71.6 cm³/mol. The summed E-state index contributed by atoms with van der Waals surface area (Å²) >= 11 is 0. The van der Waals surface area contributed by atoms with Crippen LogP contribution in [0.3, 0.4) is 0 Å².